The molecule has 0 radical (unpaired) electrons. The molecule has 0 aromatic heterocycles. The van der Waals surface area contributed by atoms with Gasteiger partial charge < -0.3 is 45.6 Å². The Hall–Kier alpha value is -6.48. The van der Waals surface area contributed by atoms with Crippen LogP contribution in [-0.4, -0.2) is 40.9 Å². The van der Waals surface area contributed by atoms with E-state index in [0.717, 1.165) is 33.4 Å². The van der Waals surface area contributed by atoms with E-state index in [1.165, 1.54) is 24.3 Å². The highest BCUT2D eigenvalue weighted by Gasteiger charge is 2.55. The molecular weight excluding hydrogens is 648 g/mol. The van der Waals surface area contributed by atoms with Crippen molar-refractivity contribution in [1.82, 2.24) is 0 Å². The van der Waals surface area contributed by atoms with Crippen molar-refractivity contribution in [3.05, 3.63) is 159 Å². The molecule has 6 atom stereocenters. The summed E-state index contributed by atoms with van der Waals surface area (Å²) < 4.78 is 6.68. The molecule has 6 aromatic carbocycles. The molecule has 6 unspecified atom stereocenters. The van der Waals surface area contributed by atoms with Gasteiger partial charge in [0, 0.05) is 58.6 Å². The number of hydrogen-bond acceptors (Lipinski definition) is 9. The van der Waals surface area contributed by atoms with Crippen LogP contribution in [0.3, 0.4) is 0 Å². The second-order valence-electron chi connectivity index (χ2n) is 13.7. The monoisotopic (exact) mass is 680 g/mol. The summed E-state index contributed by atoms with van der Waals surface area (Å²) in [5.74, 6) is -2.65. The molecule has 0 amide bonds. The van der Waals surface area contributed by atoms with E-state index in [0.29, 0.717) is 22.4 Å². The first-order chi connectivity index (χ1) is 24.5. The zero-order valence-corrected chi connectivity index (χ0v) is 26.8. The van der Waals surface area contributed by atoms with Crippen LogP contribution in [0, 0.1) is 0 Å². The van der Waals surface area contributed by atoms with E-state index in [1.54, 1.807) is 54.6 Å². The molecule has 1 aliphatic heterocycles. The number of ether oxygens (including phenoxy) is 1. The number of aromatic hydroxyl groups is 8. The number of rotatable bonds is 4. The number of hydrogen-bond donors (Lipinski definition) is 8. The number of phenolic OH excluding ortho intramolecular Hbond substituents is 8. The maximum absolute atomic E-state index is 12.1. The Bertz CT molecular complexity index is 2330. The average Bonchev–Trinajstić information content (AvgIpc) is 3.59. The second-order valence-corrected chi connectivity index (χ2v) is 13.7. The first-order valence-electron chi connectivity index (χ1n) is 16.6. The van der Waals surface area contributed by atoms with E-state index in [-0.39, 0.29) is 46.0 Å². The minimum atomic E-state index is -0.762. The third kappa shape index (κ3) is 4.69. The van der Waals surface area contributed by atoms with Gasteiger partial charge in [-0.15, -0.1) is 0 Å². The van der Waals surface area contributed by atoms with E-state index < -0.39 is 35.7 Å². The van der Waals surface area contributed by atoms with Gasteiger partial charge in [0.25, 0.3) is 0 Å². The molecule has 254 valence electrons. The highest BCUT2D eigenvalue weighted by atomic mass is 16.5. The zero-order valence-electron chi connectivity index (χ0n) is 26.8. The van der Waals surface area contributed by atoms with Crippen LogP contribution in [0.4, 0.5) is 0 Å². The summed E-state index contributed by atoms with van der Waals surface area (Å²) in [6, 6.07) is 29.2. The first-order valence-corrected chi connectivity index (χ1v) is 16.6. The quantitative estimate of drug-likeness (QED) is 0.0927. The van der Waals surface area contributed by atoms with E-state index in [1.807, 2.05) is 30.3 Å². The summed E-state index contributed by atoms with van der Waals surface area (Å²) in [5, 5.41) is 86.5. The van der Waals surface area contributed by atoms with Crippen molar-refractivity contribution in [2.24, 2.45) is 0 Å². The van der Waals surface area contributed by atoms with Crippen LogP contribution in [0.15, 0.2) is 109 Å². The maximum Gasteiger partial charge on any atom is 0.135 e. The van der Waals surface area contributed by atoms with Crippen LogP contribution in [0.25, 0.3) is 0 Å². The Morgan fingerprint density at radius 3 is 1.51 bits per heavy atom. The Morgan fingerprint density at radius 1 is 0.353 bits per heavy atom. The SMILES string of the molecule is Oc1ccc(C2c3cc(O)ccc3C3c4c(cc(O)c5c4C2C(c2ccc(O)cc2)C5c2cc(O)cc(O)c2)OC3c2cc(O)cc(O)c2)cc1. The Balaban J connectivity index is 1.43. The Labute approximate surface area is 291 Å². The van der Waals surface area contributed by atoms with Gasteiger partial charge in [0.1, 0.15) is 57.8 Å². The fourth-order valence-electron chi connectivity index (χ4n) is 9.10. The van der Waals surface area contributed by atoms with Crippen LogP contribution >= 0.6 is 0 Å². The topological polar surface area (TPSA) is 171 Å². The number of benzene rings is 6. The van der Waals surface area contributed by atoms with Gasteiger partial charge in [-0.1, -0.05) is 30.3 Å². The van der Waals surface area contributed by atoms with Gasteiger partial charge in [-0.3, -0.25) is 0 Å². The molecule has 9 heteroatoms. The summed E-state index contributed by atoms with van der Waals surface area (Å²) in [4.78, 5) is 0. The van der Waals surface area contributed by atoms with Crippen molar-refractivity contribution in [3.63, 3.8) is 0 Å². The molecule has 0 fully saturated rings. The largest absolute Gasteiger partial charge is 0.508 e. The fraction of sp³-hybridized carbons (Fsp3) is 0.143. The molecule has 51 heavy (non-hydrogen) atoms. The molecule has 9 nitrogen and oxygen atoms in total. The first kappa shape index (κ1) is 30.6. The van der Waals surface area contributed by atoms with Crippen molar-refractivity contribution >= 4 is 0 Å². The van der Waals surface area contributed by atoms with Crippen LogP contribution in [-0.2, 0) is 0 Å². The normalized spacial score (nSPS) is 22.5. The van der Waals surface area contributed by atoms with Crippen molar-refractivity contribution in [3.8, 4) is 51.7 Å². The number of phenols is 8. The molecule has 0 saturated heterocycles. The van der Waals surface area contributed by atoms with Gasteiger partial charge >= 0.3 is 0 Å². The van der Waals surface area contributed by atoms with Gasteiger partial charge in [-0.05, 0) is 94.0 Å². The van der Waals surface area contributed by atoms with E-state index in [4.69, 9.17) is 4.74 Å². The van der Waals surface area contributed by atoms with Gasteiger partial charge in [0.2, 0.25) is 0 Å². The molecule has 8 N–H and O–H groups in total. The van der Waals surface area contributed by atoms with Crippen molar-refractivity contribution in [2.45, 2.75) is 35.7 Å². The molecule has 0 bridgehead atoms. The van der Waals surface area contributed by atoms with Gasteiger partial charge in [0.15, 0.2) is 0 Å². The molecule has 2 aliphatic carbocycles. The second kappa shape index (κ2) is 11.0. The lowest BCUT2D eigenvalue weighted by Crippen LogP contribution is -2.20. The third-order valence-electron chi connectivity index (χ3n) is 10.8. The molecule has 6 aromatic rings. The average molecular weight is 681 g/mol. The van der Waals surface area contributed by atoms with E-state index >= 15 is 0 Å². The van der Waals surface area contributed by atoms with Crippen molar-refractivity contribution in [2.75, 3.05) is 0 Å². The van der Waals surface area contributed by atoms with Crippen molar-refractivity contribution in [1.29, 1.82) is 0 Å². The molecular formula is C42H32O9. The molecule has 1 heterocycles. The smallest absolute Gasteiger partial charge is 0.135 e. The predicted octanol–water partition coefficient (Wildman–Crippen LogP) is 7.76. The predicted molar refractivity (Wildman–Crippen MR) is 186 cm³/mol. The molecule has 0 saturated carbocycles. The fourth-order valence-corrected chi connectivity index (χ4v) is 9.10. The van der Waals surface area contributed by atoms with Crippen LogP contribution < -0.4 is 4.74 Å². The minimum Gasteiger partial charge on any atom is -0.508 e. The van der Waals surface area contributed by atoms with Crippen molar-refractivity contribution < 1.29 is 45.6 Å². The zero-order chi connectivity index (χ0) is 35.3. The van der Waals surface area contributed by atoms with E-state index in [2.05, 4.69) is 0 Å². The third-order valence-corrected chi connectivity index (χ3v) is 10.8. The minimum absolute atomic E-state index is 0.0332. The lowest BCUT2D eigenvalue weighted by molar-refractivity contribution is 0.220. The summed E-state index contributed by atoms with van der Waals surface area (Å²) in [5.41, 5.74) is 6.46. The van der Waals surface area contributed by atoms with Crippen LogP contribution in [0.5, 0.6) is 51.7 Å². The van der Waals surface area contributed by atoms with Crippen LogP contribution in [0.2, 0.25) is 0 Å². The van der Waals surface area contributed by atoms with Crippen LogP contribution in [0.1, 0.15) is 85.8 Å². The highest BCUT2D eigenvalue weighted by molar-refractivity contribution is 5.71. The Kier molecular flexibility index (Phi) is 6.60. The van der Waals surface area contributed by atoms with Gasteiger partial charge in [-0.2, -0.15) is 0 Å². The van der Waals surface area contributed by atoms with E-state index in [9.17, 15) is 40.9 Å². The van der Waals surface area contributed by atoms with Gasteiger partial charge in [0.05, 0.1) is 5.92 Å². The Morgan fingerprint density at radius 2 is 0.902 bits per heavy atom. The summed E-state index contributed by atoms with van der Waals surface area (Å²) >= 11 is 0. The molecule has 9 rings (SSSR count). The summed E-state index contributed by atoms with van der Waals surface area (Å²) in [6.07, 6.45) is -0.762. The number of fused-ring (bicyclic) bond motifs is 2. The highest BCUT2D eigenvalue weighted by Crippen LogP contribution is 2.70. The van der Waals surface area contributed by atoms with Gasteiger partial charge in [-0.25, -0.2) is 0 Å². The standard InChI is InChI=1S/C42H32O9/c43-23-5-1-19(2-6-23)34-31-17-25(45)9-10-30(31)37-39-33(51-42(37)22-13-28(48)16-29(49)14-22)18-32(50)38-36(21-11-26(46)15-27(47)12-21)35(40(34)41(38)39)20-3-7-24(44)8-4-20/h1-18,34-37,40,42-50H. The maximum atomic E-state index is 12.1. The molecule has 0 spiro atoms. The molecule has 3 aliphatic rings. The summed E-state index contributed by atoms with van der Waals surface area (Å²) in [6.45, 7) is 0. The summed E-state index contributed by atoms with van der Waals surface area (Å²) in [7, 11) is 0. The lowest BCUT2D eigenvalue weighted by Gasteiger charge is -2.34. The lowest BCUT2D eigenvalue weighted by atomic mass is 9.69.